The summed E-state index contributed by atoms with van der Waals surface area (Å²) in [6.07, 6.45) is 5.49. The molecule has 0 atom stereocenters. The molecule has 1 amide bonds. The van der Waals surface area contributed by atoms with E-state index in [1.165, 1.54) is 12.1 Å². The average molecular weight is 204 g/mol. The molecule has 0 aliphatic heterocycles. The molecular weight excluding hydrogens is 192 g/mol. The SMILES string of the molecule is C#CCCNC(=O)c1cccc(N)c1O. The number of para-hydroxylation sites is 1. The summed E-state index contributed by atoms with van der Waals surface area (Å²) in [5, 5.41) is 12.1. The van der Waals surface area contributed by atoms with E-state index in [9.17, 15) is 9.90 Å². The number of carbonyl (C=O) groups excluding carboxylic acids is 1. The van der Waals surface area contributed by atoms with Crippen LogP contribution in [0.15, 0.2) is 18.2 Å². The number of anilines is 1. The Kier molecular flexibility index (Phi) is 3.58. The van der Waals surface area contributed by atoms with Gasteiger partial charge in [0.1, 0.15) is 0 Å². The van der Waals surface area contributed by atoms with E-state index in [4.69, 9.17) is 12.2 Å². The number of carbonyl (C=O) groups is 1. The van der Waals surface area contributed by atoms with Crippen molar-refractivity contribution >= 4 is 11.6 Å². The third-order valence-corrected chi connectivity index (χ3v) is 1.87. The summed E-state index contributed by atoms with van der Waals surface area (Å²) in [4.78, 5) is 11.5. The summed E-state index contributed by atoms with van der Waals surface area (Å²) in [7, 11) is 0. The van der Waals surface area contributed by atoms with E-state index in [1.54, 1.807) is 6.07 Å². The van der Waals surface area contributed by atoms with Crippen molar-refractivity contribution in [3.8, 4) is 18.1 Å². The van der Waals surface area contributed by atoms with Crippen LogP contribution in [0.3, 0.4) is 0 Å². The largest absolute Gasteiger partial charge is 0.505 e. The van der Waals surface area contributed by atoms with Gasteiger partial charge < -0.3 is 16.2 Å². The maximum absolute atomic E-state index is 11.5. The molecule has 4 N–H and O–H groups in total. The second-order valence-electron chi connectivity index (χ2n) is 2.95. The molecule has 0 heterocycles. The van der Waals surface area contributed by atoms with Gasteiger partial charge >= 0.3 is 0 Å². The molecular formula is C11H12N2O2. The van der Waals surface area contributed by atoms with E-state index in [2.05, 4.69) is 11.2 Å². The first-order valence-electron chi connectivity index (χ1n) is 4.46. The highest BCUT2D eigenvalue weighted by Crippen LogP contribution is 2.23. The van der Waals surface area contributed by atoms with Crippen molar-refractivity contribution in [2.45, 2.75) is 6.42 Å². The lowest BCUT2D eigenvalue weighted by atomic mass is 10.1. The smallest absolute Gasteiger partial charge is 0.255 e. The highest BCUT2D eigenvalue weighted by atomic mass is 16.3. The van der Waals surface area contributed by atoms with E-state index < -0.39 is 0 Å². The first-order valence-corrected chi connectivity index (χ1v) is 4.46. The number of nitrogen functional groups attached to an aromatic ring is 1. The first-order chi connectivity index (χ1) is 7.16. The van der Waals surface area contributed by atoms with Gasteiger partial charge in [-0.15, -0.1) is 12.3 Å². The Morgan fingerprint density at radius 1 is 1.60 bits per heavy atom. The molecule has 0 spiro atoms. The van der Waals surface area contributed by atoms with Crippen molar-refractivity contribution in [2.24, 2.45) is 0 Å². The molecule has 0 unspecified atom stereocenters. The van der Waals surface area contributed by atoms with Gasteiger partial charge in [-0.2, -0.15) is 0 Å². The third-order valence-electron chi connectivity index (χ3n) is 1.87. The van der Waals surface area contributed by atoms with Gasteiger partial charge in [0.2, 0.25) is 0 Å². The molecule has 1 aromatic rings. The molecule has 0 aliphatic rings. The Balaban J connectivity index is 2.75. The second kappa shape index (κ2) is 4.91. The Labute approximate surface area is 88.1 Å². The number of terminal acetylenes is 1. The first kappa shape index (κ1) is 10.9. The van der Waals surface area contributed by atoms with E-state index in [1.807, 2.05) is 0 Å². The number of hydrogen-bond acceptors (Lipinski definition) is 3. The van der Waals surface area contributed by atoms with Gasteiger partial charge in [0.25, 0.3) is 5.91 Å². The van der Waals surface area contributed by atoms with Crippen LogP contribution in [0.5, 0.6) is 5.75 Å². The lowest BCUT2D eigenvalue weighted by Gasteiger charge is -2.06. The van der Waals surface area contributed by atoms with Crippen LogP contribution >= 0.6 is 0 Å². The molecule has 0 aliphatic carbocycles. The predicted molar refractivity (Wildman–Crippen MR) is 58.3 cm³/mol. The van der Waals surface area contributed by atoms with Crippen LogP contribution in [0.25, 0.3) is 0 Å². The summed E-state index contributed by atoms with van der Waals surface area (Å²) in [6, 6.07) is 4.62. The van der Waals surface area contributed by atoms with Gasteiger partial charge in [0, 0.05) is 13.0 Å². The van der Waals surface area contributed by atoms with Crippen molar-refractivity contribution in [1.29, 1.82) is 0 Å². The number of amides is 1. The molecule has 15 heavy (non-hydrogen) atoms. The van der Waals surface area contributed by atoms with Gasteiger partial charge in [-0.05, 0) is 12.1 Å². The van der Waals surface area contributed by atoms with Crippen LogP contribution in [-0.2, 0) is 0 Å². The molecule has 0 saturated heterocycles. The minimum Gasteiger partial charge on any atom is -0.505 e. The maximum Gasteiger partial charge on any atom is 0.255 e. The topological polar surface area (TPSA) is 75.4 Å². The van der Waals surface area contributed by atoms with Gasteiger partial charge in [0.15, 0.2) is 5.75 Å². The van der Waals surface area contributed by atoms with Crippen LogP contribution in [0.2, 0.25) is 0 Å². The van der Waals surface area contributed by atoms with Gasteiger partial charge in [0.05, 0.1) is 11.3 Å². The van der Waals surface area contributed by atoms with E-state index >= 15 is 0 Å². The zero-order valence-corrected chi connectivity index (χ0v) is 8.16. The van der Waals surface area contributed by atoms with Crippen LogP contribution in [-0.4, -0.2) is 17.6 Å². The molecule has 4 heteroatoms. The van der Waals surface area contributed by atoms with Gasteiger partial charge in [-0.1, -0.05) is 6.07 Å². The van der Waals surface area contributed by atoms with Crippen molar-refractivity contribution in [3.05, 3.63) is 23.8 Å². The van der Waals surface area contributed by atoms with E-state index in [0.29, 0.717) is 13.0 Å². The van der Waals surface area contributed by atoms with E-state index in [0.717, 1.165) is 0 Å². The van der Waals surface area contributed by atoms with E-state index in [-0.39, 0.29) is 22.9 Å². The molecule has 0 fully saturated rings. The Morgan fingerprint density at radius 2 is 2.33 bits per heavy atom. The number of nitrogens with one attached hydrogen (secondary N) is 1. The van der Waals surface area contributed by atoms with Gasteiger partial charge in [-0.3, -0.25) is 4.79 Å². The predicted octanol–water partition coefficient (Wildman–Crippen LogP) is 0.727. The minimum atomic E-state index is -0.380. The lowest BCUT2D eigenvalue weighted by molar-refractivity contribution is 0.0952. The molecule has 1 aromatic carbocycles. The highest BCUT2D eigenvalue weighted by molar-refractivity contribution is 5.98. The van der Waals surface area contributed by atoms with Crippen LogP contribution in [0.4, 0.5) is 5.69 Å². The van der Waals surface area contributed by atoms with Crippen LogP contribution in [0, 0.1) is 12.3 Å². The monoisotopic (exact) mass is 204 g/mol. The number of aromatic hydroxyl groups is 1. The normalized spacial score (nSPS) is 9.27. The van der Waals surface area contributed by atoms with Gasteiger partial charge in [-0.25, -0.2) is 0 Å². The molecule has 0 radical (unpaired) electrons. The summed E-state index contributed by atoms with van der Waals surface area (Å²) in [5.74, 6) is 1.82. The quantitative estimate of drug-likeness (QED) is 0.294. The molecule has 0 saturated carbocycles. The Bertz CT molecular complexity index is 408. The standard InChI is InChI=1S/C11H12N2O2/c1-2-3-7-13-11(15)8-5-4-6-9(12)10(8)14/h1,4-6,14H,3,7,12H2,(H,13,15). The van der Waals surface area contributed by atoms with Crippen LogP contribution in [0.1, 0.15) is 16.8 Å². The van der Waals surface area contributed by atoms with Crippen molar-refractivity contribution in [1.82, 2.24) is 5.32 Å². The molecule has 4 nitrogen and oxygen atoms in total. The molecule has 0 bridgehead atoms. The fraction of sp³-hybridized carbons (Fsp3) is 0.182. The van der Waals surface area contributed by atoms with Crippen molar-refractivity contribution in [3.63, 3.8) is 0 Å². The number of nitrogens with two attached hydrogens (primary N) is 1. The number of hydrogen-bond donors (Lipinski definition) is 3. The average Bonchev–Trinajstić information content (AvgIpc) is 2.22. The molecule has 78 valence electrons. The number of phenolic OH excluding ortho intramolecular Hbond substituents is 1. The summed E-state index contributed by atoms with van der Waals surface area (Å²) in [6.45, 7) is 0.379. The van der Waals surface area contributed by atoms with Crippen LogP contribution < -0.4 is 11.1 Å². The summed E-state index contributed by atoms with van der Waals surface area (Å²) < 4.78 is 0. The Hall–Kier alpha value is -2.15. The van der Waals surface area contributed by atoms with Crippen molar-refractivity contribution in [2.75, 3.05) is 12.3 Å². The Morgan fingerprint density at radius 3 is 3.00 bits per heavy atom. The third kappa shape index (κ3) is 2.64. The zero-order valence-electron chi connectivity index (χ0n) is 8.16. The number of phenols is 1. The fourth-order valence-corrected chi connectivity index (χ4v) is 1.09. The summed E-state index contributed by atoms with van der Waals surface area (Å²) >= 11 is 0. The highest BCUT2D eigenvalue weighted by Gasteiger charge is 2.11. The maximum atomic E-state index is 11.5. The summed E-state index contributed by atoms with van der Waals surface area (Å²) in [5.41, 5.74) is 5.79. The number of rotatable bonds is 3. The molecule has 0 aromatic heterocycles. The minimum absolute atomic E-state index is 0.159. The lowest BCUT2D eigenvalue weighted by Crippen LogP contribution is -2.24. The zero-order chi connectivity index (χ0) is 11.3. The number of benzene rings is 1. The molecule has 1 rings (SSSR count). The van der Waals surface area contributed by atoms with Crippen molar-refractivity contribution < 1.29 is 9.90 Å². The fourth-order valence-electron chi connectivity index (χ4n) is 1.09. The second-order valence-corrected chi connectivity index (χ2v) is 2.95.